The summed E-state index contributed by atoms with van der Waals surface area (Å²) >= 11 is 0. The van der Waals surface area contributed by atoms with E-state index in [1.165, 1.54) is 11.8 Å². The molecule has 1 N–H and O–H groups in total. The molecule has 1 spiro atoms. The van der Waals surface area contributed by atoms with Crippen LogP contribution in [0.4, 0.5) is 0 Å². The zero-order valence-electron chi connectivity index (χ0n) is 16.8. The van der Waals surface area contributed by atoms with Gasteiger partial charge in [0.2, 0.25) is 11.8 Å². The molecular weight excluding hydrogens is 384 g/mol. The number of fused-ring (bicyclic) bond motifs is 1. The lowest BCUT2D eigenvalue weighted by Crippen LogP contribution is -2.50. The van der Waals surface area contributed by atoms with E-state index in [0.29, 0.717) is 31.1 Å². The number of aliphatic hydroxyl groups is 1. The molecule has 0 aliphatic carbocycles. The Hall–Kier alpha value is -3.19. The minimum absolute atomic E-state index is 0.0826. The fraction of sp³-hybridized carbons (Fsp3) is 0.348. The Morgan fingerprint density at radius 3 is 2.63 bits per heavy atom. The lowest BCUT2D eigenvalue weighted by molar-refractivity contribution is -0.147. The summed E-state index contributed by atoms with van der Waals surface area (Å²) in [5.41, 5.74) is 1.53. The summed E-state index contributed by atoms with van der Waals surface area (Å²) in [6, 6.07) is 15.0. The number of nitrogens with zero attached hydrogens (tertiary/aromatic N) is 2. The molecule has 156 valence electrons. The fourth-order valence-corrected chi connectivity index (χ4v) is 3.77. The Labute approximate surface area is 174 Å². The van der Waals surface area contributed by atoms with E-state index in [2.05, 4.69) is 0 Å². The van der Waals surface area contributed by atoms with Gasteiger partial charge in [-0.25, -0.2) is 4.99 Å². The van der Waals surface area contributed by atoms with Crippen LogP contribution in [0.5, 0.6) is 5.75 Å². The molecule has 2 heterocycles. The summed E-state index contributed by atoms with van der Waals surface area (Å²) in [5, 5.41) is 8.84. The molecule has 4 rings (SSSR count). The van der Waals surface area contributed by atoms with Crippen molar-refractivity contribution in [3.05, 3.63) is 65.2 Å². The fourth-order valence-electron chi connectivity index (χ4n) is 3.77. The summed E-state index contributed by atoms with van der Waals surface area (Å²) in [7, 11) is 0. The van der Waals surface area contributed by atoms with Gasteiger partial charge in [-0.05, 0) is 35.4 Å². The van der Waals surface area contributed by atoms with Crippen molar-refractivity contribution in [3.63, 3.8) is 0 Å². The van der Waals surface area contributed by atoms with E-state index >= 15 is 0 Å². The van der Waals surface area contributed by atoms with Crippen molar-refractivity contribution in [2.24, 2.45) is 4.99 Å². The molecule has 0 fully saturated rings. The zero-order chi connectivity index (χ0) is 21.1. The first kappa shape index (κ1) is 20.1. The molecule has 0 radical (unpaired) electrons. The standard InChI is InChI=1S/C23H24N2O5/c1-16(27)25-14-19-6-3-2-5-18(19)13-23(22(25)28)15-30-21(24-23)17-7-9-20(10-8-17)29-12-4-11-26/h2-3,5-10,26H,4,11-15H2,1H3/t23-/m0/s1. The van der Waals surface area contributed by atoms with E-state index in [1.807, 2.05) is 36.4 Å². The minimum Gasteiger partial charge on any atom is -0.494 e. The Kier molecular flexibility index (Phi) is 5.55. The molecule has 1 atom stereocenters. The minimum atomic E-state index is -1.15. The maximum Gasteiger partial charge on any atom is 0.261 e. The number of hydrogen-bond acceptors (Lipinski definition) is 6. The van der Waals surface area contributed by atoms with Gasteiger partial charge in [-0.15, -0.1) is 0 Å². The number of rotatable bonds is 5. The molecule has 0 aromatic heterocycles. The smallest absolute Gasteiger partial charge is 0.261 e. The molecular formula is C23H24N2O5. The molecule has 0 saturated carbocycles. The van der Waals surface area contributed by atoms with E-state index in [-0.39, 0.29) is 31.6 Å². The molecule has 0 bridgehead atoms. The van der Waals surface area contributed by atoms with Gasteiger partial charge < -0.3 is 14.6 Å². The van der Waals surface area contributed by atoms with Crippen LogP contribution in [-0.4, -0.2) is 53.1 Å². The first-order valence-corrected chi connectivity index (χ1v) is 9.98. The van der Waals surface area contributed by atoms with Gasteiger partial charge in [-0.3, -0.25) is 14.5 Å². The molecule has 7 nitrogen and oxygen atoms in total. The highest BCUT2D eigenvalue weighted by molar-refractivity contribution is 6.04. The van der Waals surface area contributed by atoms with Crippen LogP contribution in [0.2, 0.25) is 0 Å². The maximum absolute atomic E-state index is 13.3. The van der Waals surface area contributed by atoms with Crippen molar-refractivity contribution in [2.75, 3.05) is 19.8 Å². The van der Waals surface area contributed by atoms with Crippen LogP contribution >= 0.6 is 0 Å². The highest BCUT2D eigenvalue weighted by Crippen LogP contribution is 2.33. The van der Waals surface area contributed by atoms with Gasteiger partial charge in [0.05, 0.1) is 13.2 Å². The first-order chi connectivity index (χ1) is 14.5. The van der Waals surface area contributed by atoms with Crippen molar-refractivity contribution in [1.29, 1.82) is 0 Å². The molecule has 7 heteroatoms. The molecule has 2 aromatic rings. The van der Waals surface area contributed by atoms with E-state index in [4.69, 9.17) is 19.6 Å². The number of ether oxygens (including phenoxy) is 2. The molecule has 0 unspecified atom stereocenters. The van der Waals surface area contributed by atoms with Crippen molar-refractivity contribution in [2.45, 2.75) is 31.8 Å². The van der Waals surface area contributed by atoms with Crippen LogP contribution < -0.4 is 4.74 Å². The summed E-state index contributed by atoms with van der Waals surface area (Å²) < 4.78 is 11.4. The van der Waals surface area contributed by atoms with Crippen LogP contribution in [0.25, 0.3) is 0 Å². The number of hydrogen-bond donors (Lipinski definition) is 1. The second kappa shape index (κ2) is 8.28. The molecule has 2 aromatic carbocycles. The van der Waals surface area contributed by atoms with Crippen molar-refractivity contribution in [1.82, 2.24) is 4.90 Å². The highest BCUT2D eigenvalue weighted by Gasteiger charge is 2.49. The van der Waals surface area contributed by atoms with Crippen LogP contribution in [0.15, 0.2) is 53.5 Å². The third kappa shape index (κ3) is 3.80. The predicted octanol–water partition coefficient (Wildman–Crippen LogP) is 2.09. The largest absolute Gasteiger partial charge is 0.494 e. The summed E-state index contributed by atoms with van der Waals surface area (Å²) in [6.45, 7) is 2.25. The summed E-state index contributed by atoms with van der Waals surface area (Å²) in [6.07, 6.45) is 0.952. The van der Waals surface area contributed by atoms with E-state index in [9.17, 15) is 9.59 Å². The first-order valence-electron chi connectivity index (χ1n) is 9.98. The van der Waals surface area contributed by atoms with Crippen LogP contribution in [0, 0.1) is 0 Å². The lowest BCUT2D eigenvalue weighted by atomic mass is 9.91. The van der Waals surface area contributed by atoms with Crippen LogP contribution in [0.1, 0.15) is 30.0 Å². The number of aliphatic imine (C=N–C) groups is 1. The Morgan fingerprint density at radius 1 is 1.20 bits per heavy atom. The van der Waals surface area contributed by atoms with Gasteiger partial charge in [-0.1, -0.05) is 24.3 Å². The van der Waals surface area contributed by atoms with E-state index in [1.54, 1.807) is 12.1 Å². The molecule has 0 saturated heterocycles. The van der Waals surface area contributed by atoms with E-state index < -0.39 is 5.54 Å². The third-order valence-electron chi connectivity index (χ3n) is 5.39. The lowest BCUT2D eigenvalue weighted by Gasteiger charge is -2.25. The number of benzene rings is 2. The van der Waals surface area contributed by atoms with Crippen LogP contribution in [-0.2, 0) is 27.3 Å². The van der Waals surface area contributed by atoms with Gasteiger partial charge in [0.25, 0.3) is 5.91 Å². The Bertz CT molecular complexity index is 985. The Balaban J connectivity index is 1.63. The summed E-state index contributed by atoms with van der Waals surface area (Å²) in [5.74, 6) is 0.435. The third-order valence-corrected chi connectivity index (χ3v) is 5.39. The highest BCUT2D eigenvalue weighted by atomic mass is 16.5. The number of amides is 2. The predicted molar refractivity (Wildman–Crippen MR) is 110 cm³/mol. The topological polar surface area (TPSA) is 88.4 Å². The van der Waals surface area contributed by atoms with Gasteiger partial charge in [0, 0.05) is 31.9 Å². The van der Waals surface area contributed by atoms with Gasteiger partial charge in [0.1, 0.15) is 12.4 Å². The van der Waals surface area contributed by atoms with Crippen LogP contribution in [0.3, 0.4) is 0 Å². The average Bonchev–Trinajstić information content (AvgIpc) is 3.13. The number of imide groups is 1. The zero-order valence-corrected chi connectivity index (χ0v) is 16.8. The summed E-state index contributed by atoms with van der Waals surface area (Å²) in [4.78, 5) is 31.5. The SMILES string of the molecule is CC(=O)N1Cc2ccccc2C[C@]2(COC(c3ccc(OCCCO)cc3)=N2)C1=O. The van der Waals surface area contributed by atoms with Gasteiger partial charge in [0.15, 0.2) is 5.54 Å². The normalized spacial score (nSPS) is 20.4. The van der Waals surface area contributed by atoms with Gasteiger partial charge in [-0.2, -0.15) is 0 Å². The van der Waals surface area contributed by atoms with E-state index in [0.717, 1.165) is 16.7 Å². The van der Waals surface area contributed by atoms with Gasteiger partial charge >= 0.3 is 0 Å². The second-order valence-electron chi connectivity index (χ2n) is 7.54. The van der Waals surface area contributed by atoms with Crippen molar-refractivity contribution in [3.8, 4) is 5.75 Å². The molecule has 2 amide bonds. The number of aliphatic hydroxyl groups excluding tert-OH is 1. The quantitative estimate of drug-likeness (QED) is 0.766. The molecule has 2 aliphatic heterocycles. The molecule has 2 aliphatic rings. The monoisotopic (exact) mass is 408 g/mol. The number of carbonyl (C=O) groups is 2. The maximum atomic E-state index is 13.3. The Morgan fingerprint density at radius 2 is 1.93 bits per heavy atom. The van der Waals surface area contributed by atoms with Crippen molar-refractivity contribution >= 4 is 17.7 Å². The average molecular weight is 408 g/mol. The molecule has 30 heavy (non-hydrogen) atoms. The number of carbonyl (C=O) groups excluding carboxylic acids is 2. The second-order valence-corrected chi connectivity index (χ2v) is 7.54. The van der Waals surface area contributed by atoms with Crippen molar-refractivity contribution < 1.29 is 24.2 Å².